The van der Waals surface area contributed by atoms with Crippen molar-refractivity contribution in [3.8, 4) is 0 Å². The van der Waals surface area contributed by atoms with Gasteiger partial charge in [0.15, 0.2) is 0 Å². The van der Waals surface area contributed by atoms with Crippen molar-refractivity contribution < 1.29 is 0 Å². The summed E-state index contributed by atoms with van der Waals surface area (Å²) < 4.78 is 0. The van der Waals surface area contributed by atoms with E-state index in [1.54, 1.807) is 0 Å². The Kier molecular flexibility index (Phi) is 3.42. The molecule has 0 spiro atoms. The Balaban J connectivity index is 2.38. The quantitative estimate of drug-likeness (QED) is 0.627. The molecule has 1 rings (SSSR count). The molecule has 1 atom stereocenters. The lowest BCUT2D eigenvalue weighted by molar-refractivity contribution is 0.256. The summed E-state index contributed by atoms with van der Waals surface area (Å²) in [6, 6.07) is 0. The zero-order valence-corrected chi connectivity index (χ0v) is 8.92. The van der Waals surface area contributed by atoms with E-state index in [9.17, 15) is 4.91 Å². The third-order valence-corrected chi connectivity index (χ3v) is 2.71. The highest BCUT2D eigenvalue weighted by Crippen LogP contribution is 2.30. The standard InChI is InChI=1S/C10H20N2O/c1-9(2)6-12-5-4-10(3,8-12)7-11-13/h9H,4-8H2,1-3H3. The molecule has 76 valence electrons. The van der Waals surface area contributed by atoms with Crippen molar-refractivity contribution in [1.29, 1.82) is 0 Å². The summed E-state index contributed by atoms with van der Waals surface area (Å²) in [5, 5.41) is 3.03. The molecule has 0 radical (unpaired) electrons. The van der Waals surface area contributed by atoms with Crippen LogP contribution in [0.15, 0.2) is 5.18 Å². The van der Waals surface area contributed by atoms with Gasteiger partial charge in [0.1, 0.15) is 0 Å². The van der Waals surface area contributed by atoms with Crippen LogP contribution in [0.3, 0.4) is 0 Å². The van der Waals surface area contributed by atoms with Crippen molar-refractivity contribution in [2.75, 3.05) is 26.2 Å². The van der Waals surface area contributed by atoms with E-state index in [4.69, 9.17) is 0 Å². The van der Waals surface area contributed by atoms with Crippen LogP contribution in [-0.2, 0) is 0 Å². The molecule has 1 saturated heterocycles. The molecule has 0 bridgehead atoms. The van der Waals surface area contributed by atoms with E-state index < -0.39 is 0 Å². The topological polar surface area (TPSA) is 32.7 Å². The number of hydrogen-bond donors (Lipinski definition) is 0. The van der Waals surface area contributed by atoms with Gasteiger partial charge in [-0.05, 0) is 18.9 Å². The van der Waals surface area contributed by atoms with Crippen LogP contribution < -0.4 is 0 Å². The molecular formula is C10H20N2O. The third kappa shape index (κ3) is 3.07. The predicted octanol–water partition coefficient (Wildman–Crippen LogP) is 2.12. The first-order valence-electron chi connectivity index (χ1n) is 5.07. The van der Waals surface area contributed by atoms with Gasteiger partial charge < -0.3 is 4.90 Å². The van der Waals surface area contributed by atoms with Crippen LogP contribution in [0.4, 0.5) is 0 Å². The van der Waals surface area contributed by atoms with E-state index in [2.05, 4.69) is 30.8 Å². The van der Waals surface area contributed by atoms with E-state index in [1.807, 2.05) is 0 Å². The van der Waals surface area contributed by atoms with Crippen LogP contribution in [0, 0.1) is 16.2 Å². The number of likely N-dealkylation sites (tertiary alicyclic amines) is 1. The van der Waals surface area contributed by atoms with Gasteiger partial charge in [-0.2, -0.15) is 4.91 Å². The Labute approximate surface area is 80.5 Å². The Morgan fingerprint density at radius 3 is 2.77 bits per heavy atom. The second-order valence-corrected chi connectivity index (χ2v) is 4.98. The van der Waals surface area contributed by atoms with Crippen LogP contribution in [0.2, 0.25) is 0 Å². The zero-order chi connectivity index (χ0) is 9.90. The molecule has 0 amide bonds. The van der Waals surface area contributed by atoms with Gasteiger partial charge in [0.2, 0.25) is 0 Å². The molecule has 0 saturated carbocycles. The Morgan fingerprint density at radius 1 is 1.54 bits per heavy atom. The second kappa shape index (κ2) is 4.18. The highest BCUT2D eigenvalue weighted by molar-refractivity contribution is 4.88. The summed E-state index contributed by atoms with van der Waals surface area (Å²) in [7, 11) is 0. The highest BCUT2D eigenvalue weighted by atomic mass is 16.3. The maximum Gasteiger partial charge on any atom is 0.0877 e. The van der Waals surface area contributed by atoms with E-state index in [0.717, 1.165) is 26.1 Å². The van der Waals surface area contributed by atoms with Gasteiger partial charge in [-0.25, -0.2) is 0 Å². The van der Waals surface area contributed by atoms with E-state index in [1.165, 1.54) is 0 Å². The number of nitrogens with zero attached hydrogens (tertiary/aromatic N) is 2. The van der Waals surface area contributed by atoms with Crippen LogP contribution in [-0.4, -0.2) is 31.1 Å². The van der Waals surface area contributed by atoms with Crippen molar-refractivity contribution in [2.24, 2.45) is 16.5 Å². The van der Waals surface area contributed by atoms with Gasteiger partial charge in [-0.15, -0.1) is 0 Å². The summed E-state index contributed by atoms with van der Waals surface area (Å²) in [5.74, 6) is 0.714. The largest absolute Gasteiger partial charge is 0.302 e. The smallest absolute Gasteiger partial charge is 0.0877 e. The lowest BCUT2D eigenvalue weighted by Crippen LogP contribution is -2.29. The molecule has 0 aliphatic carbocycles. The van der Waals surface area contributed by atoms with Gasteiger partial charge in [0.25, 0.3) is 0 Å². The molecule has 0 N–H and O–H groups in total. The van der Waals surface area contributed by atoms with Crippen molar-refractivity contribution in [1.82, 2.24) is 4.90 Å². The first kappa shape index (κ1) is 10.6. The predicted molar refractivity (Wildman–Crippen MR) is 54.7 cm³/mol. The Morgan fingerprint density at radius 2 is 2.23 bits per heavy atom. The van der Waals surface area contributed by atoms with Crippen LogP contribution in [0.25, 0.3) is 0 Å². The molecular weight excluding hydrogens is 164 g/mol. The van der Waals surface area contributed by atoms with Crippen molar-refractivity contribution in [3.63, 3.8) is 0 Å². The van der Waals surface area contributed by atoms with Crippen molar-refractivity contribution in [2.45, 2.75) is 27.2 Å². The summed E-state index contributed by atoms with van der Waals surface area (Å²) in [4.78, 5) is 12.7. The lowest BCUT2D eigenvalue weighted by Gasteiger charge is -2.22. The van der Waals surface area contributed by atoms with Crippen LogP contribution in [0.1, 0.15) is 27.2 Å². The third-order valence-electron chi connectivity index (χ3n) is 2.71. The monoisotopic (exact) mass is 184 g/mol. The zero-order valence-electron chi connectivity index (χ0n) is 8.92. The molecule has 0 aromatic heterocycles. The SMILES string of the molecule is CC(C)CN1CCC(C)(CN=O)C1. The molecule has 3 nitrogen and oxygen atoms in total. The molecule has 1 aliphatic heterocycles. The van der Waals surface area contributed by atoms with Gasteiger partial charge in [-0.3, -0.25) is 0 Å². The van der Waals surface area contributed by atoms with E-state index >= 15 is 0 Å². The molecule has 13 heavy (non-hydrogen) atoms. The Hall–Kier alpha value is -0.440. The highest BCUT2D eigenvalue weighted by Gasteiger charge is 2.33. The molecule has 3 heteroatoms. The summed E-state index contributed by atoms with van der Waals surface area (Å²) in [6.45, 7) is 10.4. The number of hydrogen-bond acceptors (Lipinski definition) is 3. The molecule has 1 unspecified atom stereocenters. The lowest BCUT2D eigenvalue weighted by atomic mass is 9.90. The fourth-order valence-corrected chi connectivity index (χ4v) is 2.08. The van der Waals surface area contributed by atoms with Gasteiger partial charge in [0, 0.05) is 18.5 Å². The maximum absolute atomic E-state index is 10.2. The first-order valence-corrected chi connectivity index (χ1v) is 5.07. The fraction of sp³-hybridized carbons (Fsp3) is 1.00. The van der Waals surface area contributed by atoms with E-state index in [0.29, 0.717) is 12.5 Å². The minimum absolute atomic E-state index is 0.149. The minimum Gasteiger partial charge on any atom is -0.302 e. The second-order valence-electron chi connectivity index (χ2n) is 4.98. The van der Waals surface area contributed by atoms with Gasteiger partial charge in [-0.1, -0.05) is 25.9 Å². The first-order chi connectivity index (χ1) is 6.06. The average molecular weight is 184 g/mol. The molecule has 1 heterocycles. The maximum atomic E-state index is 10.2. The van der Waals surface area contributed by atoms with Crippen molar-refractivity contribution >= 4 is 0 Å². The number of rotatable bonds is 4. The van der Waals surface area contributed by atoms with Crippen molar-refractivity contribution in [3.05, 3.63) is 4.91 Å². The Bertz CT molecular complexity index is 182. The van der Waals surface area contributed by atoms with Crippen LogP contribution in [0.5, 0.6) is 0 Å². The normalized spacial score (nSPS) is 29.8. The summed E-state index contributed by atoms with van der Waals surface area (Å²) in [6.07, 6.45) is 1.12. The summed E-state index contributed by atoms with van der Waals surface area (Å²) in [5.41, 5.74) is 0.149. The molecule has 1 fully saturated rings. The minimum atomic E-state index is 0.149. The van der Waals surface area contributed by atoms with E-state index in [-0.39, 0.29) is 5.41 Å². The number of nitroso groups, excluding NO2 is 1. The molecule has 1 aliphatic rings. The molecule has 0 aromatic carbocycles. The summed E-state index contributed by atoms with van der Waals surface area (Å²) >= 11 is 0. The van der Waals surface area contributed by atoms with Crippen LogP contribution >= 0.6 is 0 Å². The van der Waals surface area contributed by atoms with Gasteiger partial charge in [0.05, 0.1) is 6.54 Å². The van der Waals surface area contributed by atoms with Gasteiger partial charge >= 0.3 is 0 Å². The fourth-order valence-electron chi connectivity index (χ4n) is 2.08. The average Bonchev–Trinajstić information content (AvgIpc) is 2.31. The molecule has 0 aromatic rings.